The molecule has 1 aliphatic rings. The highest BCUT2D eigenvalue weighted by atomic mass is 16.7. The van der Waals surface area contributed by atoms with Crippen LogP contribution in [0.2, 0.25) is 0 Å². The zero-order valence-electron chi connectivity index (χ0n) is 16.6. The predicted molar refractivity (Wildman–Crippen MR) is 106 cm³/mol. The van der Waals surface area contributed by atoms with Gasteiger partial charge < -0.3 is 19.4 Å². The lowest BCUT2D eigenvalue weighted by Crippen LogP contribution is -2.41. The van der Waals surface area contributed by atoms with Crippen molar-refractivity contribution in [3.05, 3.63) is 47.7 Å². The van der Waals surface area contributed by atoms with Crippen molar-refractivity contribution in [1.29, 1.82) is 5.26 Å². The van der Waals surface area contributed by atoms with Gasteiger partial charge in [0.1, 0.15) is 11.6 Å². The van der Waals surface area contributed by atoms with E-state index in [2.05, 4.69) is 10.3 Å². The number of carbonyl (C=O) groups excluding carboxylic acids is 1. The van der Waals surface area contributed by atoms with Gasteiger partial charge in [-0.05, 0) is 52.0 Å². The van der Waals surface area contributed by atoms with Crippen LogP contribution in [0, 0.1) is 11.3 Å². The molecule has 0 spiro atoms. The third-order valence-corrected chi connectivity index (χ3v) is 5.13. The van der Waals surface area contributed by atoms with Gasteiger partial charge in [0.25, 0.3) is 5.91 Å². The van der Waals surface area contributed by atoms with Gasteiger partial charge in [0.2, 0.25) is 0 Å². The normalized spacial score (nSPS) is 17.1. The second-order valence-corrected chi connectivity index (χ2v) is 7.54. The number of benzene rings is 1. The number of nitriles is 1. The van der Waals surface area contributed by atoms with Crippen LogP contribution in [0.4, 0.5) is 5.82 Å². The lowest BCUT2D eigenvalue weighted by atomic mass is 9.78. The molecule has 1 aromatic heterocycles. The highest BCUT2D eigenvalue weighted by Gasteiger charge is 2.52. The minimum Gasteiger partial charge on any atom is -0.497 e. The number of nitrogens with one attached hydrogen (secondary N) is 1. The summed E-state index contributed by atoms with van der Waals surface area (Å²) in [7, 11) is 0.940. The summed E-state index contributed by atoms with van der Waals surface area (Å²) in [5, 5.41) is 11.6. The summed E-state index contributed by atoms with van der Waals surface area (Å²) < 4.78 is 17.6. The molecule has 7 nitrogen and oxygen atoms in total. The standard InChI is InChI=1S/C20H22BN3O4/c1-19(2)20(3,4)28-21(27-19)15-7-6-14(11-16(15)26-5)18(25)24-17-10-13(12-22)8-9-23-17/h6-11H,1-5H3,(H,23,24,25). The van der Waals surface area contributed by atoms with E-state index in [4.69, 9.17) is 19.3 Å². The number of nitrogens with zero attached hydrogens (tertiary/aromatic N) is 2. The van der Waals surface area contributed by atoms with Gasteiger partial charge in [0.15, 0.2) is 0 Å². The molecule has 2 aromatic rings. The Bertz CT molecular complexity index is 937. The Hall–Kier alpha value is -2.89. The van der Waals surface area contributed by atoms with E-state index in [9.17, 15) is 4.79 Å². The number of hydrogen-bond acceptors (Lipinski definition) is 6. The van der Waals surface area contributed by atoms with Gasteiger partial charge in [-0.25, -0.2) is 4.98 Å². The molecule has 0 saturated carbocycles. The lowest BCUT2D eigenvalue weighted by Gasteiger charge is -2.32. The summed E-state index contributed by atoms with van der Waals surface area (Å²) >= 11 is 0. The van der Waals surface area contributed by atoms with Crippen LogP contribution in [0.1, 0.15) is 43.6 Å². The van der Waals surface area contributed by atoms with Gasteiger partial charge in [-0.2, -0.15) is 5.26 Å². The van der Waals surface area contributed by atoms with E-state index >= 15 is 0 Å². The van der Waals surface area contributed by atoms with E-state index in [0.29, 0.717) is 28.2 Å². The summed E-state index contributed by atoms with van der Waals surface area (Å²) in [6.45, 7) is 7.90. The molecule has 0 aliphatic carbocycles. The topological polar surface area (TPSA) is 93.5 Å². The molecular weight excluding hydrogens is 357 g/mol. The average Bonchev–Trinajstić information content (AvgIpc) is 2.88. The van der Waals surface area contributed by atoms with Gasteiger partial charge in [-0.15, -0.1) is 0 Å². The molecule has 1 fully saturated rings. The number of ether oxygens (including phenoxy) is 1. The van der Waals surface area contributed by atoms with Crippen molar-refractivity contribution in [3.8, 4) is 11.8 Å². The highest BCUT2D eigenvalue weighted by molar-refractivity contribution is 6.63. The van der Waals surface area contributed by atoms with Crippen LogP contribution < -0.4 is 15.5 Å². The van der Waals surface area contributed by atoms with Crippen molar-refractivity contribution >= 4 is 24.3 Å². The van der Waals surface area contributed by atoms with Crippen molar-refractivity contribution in [2.75, 3.05) is 12.4 Å². The Balaban J connectivity index is 1.83. The molecule has 0 atom stereocenters. The van der Waals surface area contributed by atoms with Gasteiger partial charge in [0.05, 0.1) is 29.9 Å². The van der Waals surface area contributed by atoms with Crippen molar-refractivity contribution in [2.45, 2.75) is 38.9 Å². The molecule has 28 heavy (non-hydrogen) atoms. The summed E-state index contributed by atoms with van der Waals surface area (Å²) in [4.78, 5) is 16.6. The van der Waals surface area contributed by atoms with E-state index in [0.717, 1.165) is 0 Å². The number of methoxy groups -OCH3 is 1. The first kappa shape index (κ1) is 19.9. The molecule has 1 aromatic carbocycles. The molecule has 2 heterocycles. The van der Waals surface area contributed by atoms with Gasteiger partial charge in [0, 0.05) is 17.2 Å². The zero-order valence-corrected chi connectivity index (χ0v) is 16.6. The quantitative estimate of drug-likeness (QED) is 0.821. The van der Waals surface area contributed by atoms with Crippen LogP contribution >= 0.6 is 0 Å². The number of rotatable bonds is 4. The molecule has 0 radical (unpaired) electrons. The van der Waals surface area contributed by atoms with Gasteiger partial charge >= 0.3 is 7.12 Å². The highest BCUT2D eigenvalue weighted by Crippen LogP contribution is 2.37. The molecular formula is C20H22BN3O4. The first-order valence-corrected chi connectivity index (χ1v) is 8.88. The van der Waals surface area contributed by atoms with Crippen LogP contribution in [-0.4, -0.2) is 36.3 Å². The fourth-order valence-electron chi connectivity index (χ4n) is 2.77. The largest absolute Gasteiger partial charge is 0.498 e. The first-order valence-electron chi connectivity index (χ1n) is 8.88. The minimum atomic E-state index is -0.592. The van der Waals surface area contributed by atoms with E-state index in [1.807, 2.05) is 33.8 Å². The maximum absolute atomic E-state index is 12.6. The zero-order chi connectivity index (χ0) is 20.5. The molecule has 1 amide bonds. The van der Waals surface area contributed by atoms with E-state index in [-0.39, 0.29) is 5.91 Å². The second-order valence-electron chi connectivity index (χ2n) is 7.54. The second kappa shape index (κ2) is 7.26. The maximum Gasteiger partial charge on any atom is 0.498 e. The molecule has 1 N–H and O–H groups in total. The third kappa shape index (κ3) is 3.72. The van der Waals surface area contributed by atoms with Crippen molar-refractivity contribution in [1.82, 2.24) is 4.98 Å². The number of aromatic nitrogens is 1. The van der Waals surface area contributed by atoms with E-state index in [1.54, 1.807) is 24.3 Å². The number of carbonyl (C=O) groups is 1. The molecule has 3 rings (SSSR count). The van der Waals surface area contributed by atoms with E-state index < -0.39 is 18.3 Å². The number of pyridine rings is 1. The molecule has 0 unspecified atom stereocenters. The number of anilines is 1. The maximum atomic E-state index is 12.6. The van der Waals surface area contributed by atoms with Crippen LogP contribution in [0.25, 0.3) is 0 Å². The van der Waals surface area contributed by atoms with E-state index in [1.165, 1.54) is 19.4 Å². The van der Waals surface area contributed by atoms with Crippen LogP contribution in [0.3, 0.4) is 0 Å². The Kier molecular flexibility index (Phi) is 5.15. The van der Waals surface area contributed by atoms with Crippen molar-refractivity contribution in [3.63, 3.8) is 0 Å². The molecule has 1 aliphatic heterocycles. The Morgan fingerprint density at radius 2 is 1.86 bits per heavy atom. The van der Waals surface area contributed by atoms with Crippen LogP contribution in [-0.2, 0) is 9.31 Å². The Morgan fingerprint density at radius 3 is 2.46 bits per heavy atom. The first-order chi connectivity index (χ1) is 13.2. The number of hydrogen-bond donors (Lipinski definition) is 1. The van der Waals surface area contributed by atoms with Gasteiger partial charge in [-0.1, -0.05) is 6.07 Å². The van der Waals surface area contributed by atoms with Gasteiger partial charge in [-0.3, -0.25) is 4.79 Å². The Morgan fingerprint density at radius 1 is 1.18 bits per heavy atom. The third-order valence-electron chi connectivity index (χ3n) is 5.13. The smallest absolute Gasteiger partial charge is 0.497 e. The predicted octanol–water partition coefficient (Wildman–Crippen LogP) is 2.51. The summed E-state index contributed by atoms with van der Waals surface area (Å²) in [6.07, 6.45) is 1.47. The summed E-state index contributed by atoms with van der Waals surface area (Å²) in [5.74, 6) is 0.435. The minimum absolute atomic E-state index is 0.304. The fourth-order valence-corrected chi connectivity index (χ4v) is 2.77. The monoisotopic (exact) mass is 379 g/mol. The molecule has 8 heteroatoms. The van der Waals surface area contributed by atoms with Crippen LogP contribution in [0.15, 0.2) is 36.5 Å². The van der Waals surface area contributed by atoms with Crippen molar-refractivity contribution < 1.29 is 18.8 Å². The lowest BCUT2D eigenvalue weighted by molar-refractivity contribution is 0.00578. The SMILES string of the molecule is COc1cc(C(=O)Nc2cc(C#N)ccn2)ccc1B1OC(C)(C)C(C)(C)O1. The average molecular weight is 379 g/mol. The molecule has 144 valence electrons. The van der Waals surface area contributed by atoms with Crippen LogP contribution in [0.5, 0.6) is 5.75 Å². The fraction of sp³-hybridized carbons (Fsp3) is 0.350. The Labute approximate surface area is 164 Å². The summed E-state index contributed by atoms with van der Waals surface area (Å²) in [6, 6.07) is 10.1. The molecule has 0 bridgehead atoms. The van der Waals surface area contributed by atoms with Crippen molar-refractivity contribution in [2.24, 2.45) is 0 Å². The molecule has 1 saturated heterocycles. The number of amides is 1. The summed E-state index contributed by atoms with van der Waals surface area (Å²) in [5.41, 5.74) is 0.564.